The van der Waals surface area contributed by atoms with Gasteiger partial charge in [0.15, 0.2) is 5.78 Å². The predicted octanol–water partition coefficient (Wildman–Crippen LogP) is 4.62. The molecule has 3 fully saturated rings. The lowest BCUT2D eigenvalue weighted by atomic mass is 9.46. The van der Waals surface area contributed by atoms with Crippen molar-refractivity contribution in [1.29, 1.82) is 0 Å². The maximum Gasteiger partial charge on any atom is 0.331 e. The van der Waals surface area contributed by atoms with E-state index >= 15 is 0 Å². The van der Waals surface area contributed by atoms with Gasteiger partial charge in [0.1, 0.15) is 6.61 Å². The zero-order valence-corrected chi connectivity index (χ0v) is 16.1. The van der Waals surface area contributed by atoms with Crippen LogP contribution < -0.4 is 0 Å². The third kappa shape index (κ3) is 2.18. The standard InChI is InChI=1S/C23H30O3/c1-22-9-7-16(24)12-15(22)3-4-17-19-6-5-18(14-11-21(25)26-13-14)23(19,2)10-8-20(17)22/h11-12,17-20H,3-10,13H2,1-2H3/t17-,18+,19-,20-,22-,23+/m0/s1. The average molecular weight is 354 g/mol. The Kier molecular flexibility index (Phi) is 3.59. The fraction of sp³-hybridized carbons (Fsp3) is 0.739. The smallest absolute Gasteiger partial charge is 0.331 e. The Morgan fingerprint density at radius 2 is 1.81 bits per heavy atom. The number of cyclic esters (lactones) is 1. The van der Waals surface area contributed by atoms with Gasteiger partial charge in [0.05, 0.1) is 0 Å². The molecule has 1 heterocycles. The minimum atomic E-state index is -0.146. The van der Waals surface area contributed by atoms with Crippen LogP contribution in [-0.2, 0) is 14.3 Å². The van der Waals surface area contributed by atoms with Gasteiger partial charge in [0, 0.05) is 12.5 Å². The highest BCUT2D eigenvalue weighted by molar-refractivity contribution is 5.91. The third-order valence-corrected chi connectivity index (χ3v) is 9.09. The van der Waals surface area contributed by atoms with Gasteiger partial charge in [-0.15, -0.1) is 0 Å². The maximum atomic E-state index is 11.9. The van der Waals surface area contributed by atoms with E-state index in [9.17, 15) is 9.59 Å². The van der Waals surface area contributed by atoms with Gasteiger partial charge in [0.25, 0.3) is 0 Å². The number of ketones is 1. The zero-order valence-electron chi connectivity index (χ0n) is 16.1. The molecule has 0 radical (unpaired) electrons. The van der Waals surface area contributed by atoms with E-state index in [-0.39, 0.29) is 11.4 Å². The summed E-state index contributed by atoms with van der Waals surface area (Å²) in [5.74, 6) is 3.01. The summed E-state index contributed by atoms with van der Waals surface area (Å²) in [7, 11) is 0. The second kappa shape index (κ2) is 5.56. The van der Waals surface area contributed by atoms with Gasteiger partial charge >= 0.3 is 5.97 Å². The first kappa shape index (κ1) is 16.8. The van der Waals surface area contributed by atoms with E-state index < -0.39 is 0 Å². The third-order valence-electron chi connectivity index (χ3n) is 9.09. The molecule has 1 aliphatic heterocycles. The van der Waals surface area contributed by atoms with E-state index in [2.05, 4.69) is 13.8 Å². The molecule has 5 rings (SSSR count). The minimum absolute atomic E-state index is 0.146. The molecule has 26 heavy (non-hydrogen) atoms. The van der Waals surface area contributed by atoms with Crippen molar-refractivity contribution >= 4 is 11.8 Å². The predicted molar refractivity (Wildman–Crippen MR) is 99.2 cm³/mol. The van der Waals surface area contributed by atoms with Gasteiger partial charge in [-0.2, -0.15) is 0 Å². The van der Waals surface area contributed by atoms with Gasteiger partial charge in [-0.3, -0.25) is 4.79 Å². The Labute approximate surface area is 156 Å². The Hall–Kier alpha value is -1.38. The van der Waals surface area contributed by atoms with Gasteiger partial charge in [-0.25, -0.2) is 4.79 Å². The van der Waals surface area contributed by atoms with Gasteiger partial charge in [-0.05, 0) is 91.1 Å². The van der Waals surface area contributed by atoms with Crippen molar-refractivity contribution in [3.63, 3.8) is 0 Å². The Morgan fingerprint density at radius 3 is 2.58 bits per heavy atom. The average Bonchev–Trinajstić information content (AvgIpc) is 3.18. The van der Waals surface area contributed by atoms with Crippen molar-refractivity contribution in [1.82, 2.24) is 0 Å². The van der Waals surface area contributed by atoms with E-state index in [1.165, 1.54) is 43.3 Å². The minimum Gasteiger partial charge on any atom is -0.458 e. The summed E-state index contributed by atoms with van der Waals surface area (Å²) in [4.78, 5) is 23.5. The number of esters is 1. The van der Waals surface area contributed by atoms with E-state index in [1.54, 1.807) is 6.08 Å². The number of fused-ring (bicyclic) bond motifs is 5. The van der Waals surface area contributed by atoms with E-state index in [0.717, 1.165) is 37.0 Å². The van der Waals surface area contributed by atoms with Crippen LogP contribution in [0.2, 0.25) is 0 Å². The molecule has 0 aromatic heterocycles. The Bertz CT molecular complexity index is 732. The highest BCUT2D eigenvalue weighted by atomic mass is 16.5. The van der Waals surface area contributed by atoms with Crippen molar-refractivity contribution in [2.24, 2.45) is 34.5 Å². The number of carbonyl (C=O) groups excluding carboxylic acids is 2. The molecular formula is C23H30O3. The molecule has 140 valence electrons. The lowest BCUT2D eigenvalue weighted by molar-refractivity contribution is -0.135. The van der Waals surface area contributed by atoms with Crippen LogP contribution in [0.15, 0.2) is 23.3 Å². The number of hydrogen-bond acceptors (Lipinski definition) is 3. The van der Waals surface area contributed by atoms with E-state index in [4.69, 9.17) is 4.74 Å². The van der Waals surface area contributed by atoms with E-state index in [1.807, 2.05) is 6.08 Å². The van der Waals surface area contributed by atoms with Crippen molar-refractivity contribution in [3.8, 4) is 0 Å². The van der Waals surface area contributed by atoms with Crippen LogP contribution in [0.5, 0.6) is 0 Å². The second-order valence-electron chi connectivity index (χ2n) is 9.97. The molecule has 0 unspecified atom stereocenters. The van der Waals surface area contributed by atoms with Crippen LogP contribution in [-0.4, -0.2) is 18.4 Å². The molecule has 0 bridgehead atoms. The molecule has 0 aromatic carbocycles. The summed E-state index contributed by atoms with van der Waals surface area (Å²) in [6.45, 7) is 5.46. The number of rotatable bonds is 1. The van der Waals surface area contributed by atoms with Crippen molar-refractivity contribution in [2.45, 2.75) is 65.2 Å². The van der Waals surface area contributed by atoms with Gasteiger partial charge in [0.2, 0.25) is 0 Å². The zero-order chi connectivity index (χ0) is 18.1. The van der Waals surface area contributed by atoms with E-state index in [0.29, 0.717) is 23.7 Å². The number of ether oxygens (including phenoxy) is 1. The van der Waals surface area contributed by atoms with Gasteiger partial charge < -0.3 is 4.74 Å². The van der Waals surface area contributed by atoms with Gasteiger partial charge in [-0.1, -0.05) is 19.4 Å². The van der Waals surface area contributed by atoms with Crippen molar-refractivity contribution in [3.05, 3.63) is 23.3 Å². The molecule has 0 amide bonds. The second-order valence-corrected chi connectivity index (χ2v) is 9.97. The van der Waals surface area contributed by atoms with Crippen molar-refractivity contribution in [2.75, 3.05) is 6.61 Å². The fourth-order valence-corrected chi connectivity index (χ4v) is 7.76. The van der Waals surface area contributed by atoms with Crippen LogP contribution in [0, 0.1) is 34.5 Å². The molecule has 0 N–H and O–H groups in total. The lowest BCUT2D eigenvalue weighted by Gasteiger charge is -2.58. The normalized spacial score (nSPS) is 47.5. The summed E-state index contributed by atoms with van der Waals surface area (Å²) in [5.41, 5.74) is 3.28. The summed E-state index contributed by atoms with van der Waals surface area (Å²) in [6.07, 6.45) is 13.0. The molecular weight excluding hydrogens is 324 g/mol. The summed E-state index contributed by atoms with van der Waals surface area (Å²) < 4.78 is 5.24. The fourth-order valence-electron chi connectivity index (χ4n) is 7.76. The molecule has 6 atom stereocenters. The monoisotopic (exact) mass is 354 g/mol. The molecule has 5 aliphatic rings. The quantitative estimate of drug-likeness (QED) is 0.646. The first-order valence-corrected chi connectivity index (χ1v) is 10.5. The van der Waals surface area contributed by atoms with Crippen LogP contribution in [0.4, 0.5) is 0 Å². The largest absolute Gasteiger partial charge is 0.458 e. The first-order valence-electron chi connectivity index (χ1n) is 10.5. The maximum absolute atomic E-state index is 11.9. The lowest BCUT2D eigenvalue weighted by Crippen LogP contribution is -2.50. The number of carbonyl (C=O) groups is 2. The van der Waals surface area contributed by atoms with Crippen LogP contribution in [0.1, 0.15) is 65.2 Å². The molecule has 3 nitrogen and oxygen atoms in total. The first-order chi connectivity index (χ1) is 12.4. The number of allylic oxidation sites excluding steroid dienone is 1. The Morgan fingerprint density at radius 1 is 0.962 bits per heavy atom. The Balaban J connectivity index is 1.45. The van der Waals surface area contributed by atoms with Crippen LogP contribution in [0.25, 0.3) is 0 Å². The molecule has 0 saturated heterocycles. The molecule has 0 spiro atoms. The van der Waals surface area contributed by atoms with Crippen molar-refractivity contribution < 1.29 is 14.3 Å². The molecule has 3 heteroatoms. The summed E-state index contributed by atoms with van der Waals surface area (Å²) >= 11 is 0. The highest BCUT2D eigenvalue weighted by Crippen LogP contribution is 2.67. The molecule has 3 saturated carbocycles. The highest BCUT2D eigenvalue weighted by Gasteiger charge is 2.59. The van der Waals surface area contributed by atoms with Crippen LogP contribution >= 0.6 is 0 Å². The number of hydrogen-bond donors (Lipinski definition) is 0. The SMILES string of the molecule is C[C@]12CC[C@H]3[C@@H](CCC4=CC(=O)CC[C@@]43C)[C@@H]1CC[C@@H]2C1=CC(=O)OC1. The summed E-state index contributed by atoms with van der Waals surface area (Å²) in [6, 6.07) is 0. The molecule has 4 aliphatic carbocycles. The topological polar surface area (TPSA) is 43.4 Å². The van der Waals surface area contributed by atoms with Crippen LogP contribution in [0.3, 0.4) is 0 Å². The summed E-state index contributed by atoms with van der Waals surface area (Å²) in [5, 5.41) is 0. The molecule has 0 aromatic rings.